The van der Waals surface area contributed by atoms with Crippen LogP contribution in [0.25, 0.3) is 0 Å². The van der Waals surface area contributed by atoms with Gasteiger partial charge in [0.25, 0.3) is 0 Å². The van der Waals surface area contributed by atoms with Crippen LogP contribution in [0.3, 0.4) is 0 Å². The lowest BCUT2D eigenvalue weighted by Gasteiger charge is -2.21. The van der Waals surface area contributed by atoms with E-state index in [1.54, 1.807) is 0 Å². The molecule has 0 aromatic carbocycles. The smallest absolute Gasteiger partial charge is 0.0707 e. The van der Waals surface area contributed by atoms with Gasteiger partial charge in [-0.15, -0.1) is 0 Å². The maximum atomic E-state index is 5.98. The summed E-state index contributed by atoms with van der Waals surface area (Å²) in [5.41, 5.74) is 0.788. The second kappa shape index (κ2) is 4.66. The zero-order valence-corrected chi connectivity index (χ0v) is 11.1. The molecule has 0 amide bonds. The summed E-state index contributed by atoms with van der Waals surface area (Å²) in [6.07, 6.45) is 8.48. The Morgan fingerprint density at radius 1 is 1.25 bits per heavy atom. The van der Waals surface area contributed by atoms with E-state index in [4.69, 9.17) is 4.74 Å². The van der Waals surface area contributed by atoms with Crippen LogP contribution in [0.15, 0.2) is 0 Å². The van der Waals surface area contributed by atoms with Crippen LogP contribution in [0.4, 0.5) is 0 Å². The Balaban J connectivity index is 1.62. The molecule has 2 fully saturated rings. The van der Waals surface area contributed by atoms with Gasteiger partial charge in [0.1, 0.15) is 0 Å². The lowest BCUT2D eigenvalue weighted by atomic mass is 10.0. The molecule has 0 aromatic heterocycles. The van der Waals surface area contributed by atoms with Gasteiger partial charge in [-0.05, 0) is 51.4 Å². The molecule has 2 heteroatoms. The molecule has 0 radical (unpaired) electrons. The summed E-state index contributed by atoms with van der Waals surface area (Å²) in [4.78, 5) is 0. The molecule has 0 aromatic rings. The van der Waals surface area contributed by atoms with Crippen molar-refractivity contribution in [3.8, 4) is 0 Å². The Kier molecular flexibility index (Phi) is 3.60. The van der Waals surface area contributed by atoms with Crippen molar-refractivity contribution in [3.05, 3.63) is 0 Å². The van der Waals surface area contributed by atoms with Crippen LogP contribution in [0.5, 0.6) is 0 Å². The van der Waals surface area contributed by atoms with E-state index in [2.05, 4.69) is 26.1 Å². The maximum absolute atomic E-state index is 5.98. The highest BCUT2D eigenvalue weighted by Crippen LogP contribution is 2.48. The minimum Gasteiger partial charge on any atom is -0.371 e. The topological polar surface area (TPSA) is 21.3 Å². The van der Waals surface area contributed by atoms with Gasteiger partial charge in [0.2, 0.25) is 0 Å². The third-order valence-corrected chi connectivity index (χ3v) is 4.16. The largest absolute Gasteiger partial charge is 0.371 e. The van der Waals surface area contributed by atoms with E-state index in [0.29, 0.717) is 11.5 Å². The second-order valence-corrected chi connectivity index (χ2v) is 6.42. The third-order valence-electron chi connectivity index (χ3n) is 4.16. The first-order valence-electron chi connectivity index (χ1n) is 6.94. The predicted molar refractivity (Wildman–Crippen MR) is 67.6 cm³/mol. The van der Waals surface area contributed by atoms with E-state index >= 15 is 0 Å². The summed E-state index contributed by atoms with van der Waals surface area (Å²) in [6, 6.07) is 0. The molecule has 2 nitrogen and oxygen atoms in total. The van der Waals surface area contributed by atoms with E-state index < -0.39 is 0 Å². The van der Waals surface area contributed by atoms with E-state index in [9.17, 15) is 0 Å². The van der Waals surface area contributed by atoms with Crippen molar-refractivity contribution in [1.29, 1.82) is 0 Å². The number of hydrogen-bond acceptors (Lipinski definition) is 2. The highest BCUT2D eigenvalue weighted by Gasteiger charge is 2.41. The van der Waals surface area contributed by atoms with Crippen LogP contribution >= 0.6 is 0 Å². The molecule has 0 spiro atoms. The first-order chi connectivity index (χ1) is 7.55. The van der Waals surface area contributed by atoms with Crippen molar-refractivity contribution >= 4 is 0 Å². The molecule has 1 saturated heterocycles. The fourth-order valence-electron chi connectivity index (χ4n) is 2.94. The third kappa shape index (κ3) is 3.21. The zero-order valence-electron chi connectivity index (χ0n) is 11.1. The van der Waals surface area contributed by atoms with Gasteiger partial charge >= 0.3 is 0 Å². The molecule has 1 N–H and O–H groups in total. The number of hydrogen-bond donors (Lipinski definition) is 1. The zero-order chi connectivity index (χ0) is 11.6. The van der Waals surface area contributed by atoms with Gasteiger partial charge in [0.05, 0.1) is 11.7 Å². The summed E-state index contributed by atoms with van der Waals surface area (Å²) in [7, 11) is 0. The van der Waals surface area contributed by atoms with Crippen LogP contribution in [0.1, 0.15) is 59.3 Å². The molecule has 16 heavy (non-hydrogen) atoms. The Morgan fingerprint density at radius 3 is 2.50 bits per heavy atom. The second-order valence-electron chi connectivity index (χ2n) is 6.42. The summed E-state index contributed by atoms with van der Waals surface area (Å²) < 4.78 is 5.98. The van der Waals surface area contributed by atoms with Gasteiger partial charge in [-0.25, -0.2) is 0 Å². The lowest BCUT2D eigenvalue weighted by Crippen LogP contribution is -2.33. The van der Waals surface area contributed by atoms with E-state index in [0.717, 1.165) is 6.54 Å². The highest BCUT2D eigenvalue weighted by molar-refractivity contribution is 4.94. The van der Waals surface area contributed by atoms with Crippen molar-refractivity contribution in [2.75, 3.05) is 13.1 Å². The maximum Gasteiger partial charge on any atom is 0.0707 e. The van der Waals surface area contributed by atoms with E-state index in [-0.39, 0.29) is 5.60 Å². The van der Waals surface area contributed by atoms with Gasteiger partial charge in [-0.3, -0.25) is 0 Å². The van der Waals surface area contributed by atoms with Crippen LogP contribution in [0.2, 0.25) is 0 Å². The van der Waals surface area contributed by atoms with Crippen LogP contribution < -0.4 is 5.32 Å². The van der Waals surface area contributed by atoms with Crippen molar-refractivity contribution in [2.24, 2.45) is 5.41 Å². The average molecular weight is 225 g/mol. The van der Waals surface area contributed by atoms with Crippen molar-refractivity contribution < 1.29 is 4.74 Å². The van der Waals surface area contributed by atoms with Gasteiger partial charge in [0.15, 0.2) is 0 Å². The molecule has 1 heterocycles. The number of rotatable bonds is 6. The number of nitrogens with one attached hydrogen (secondary N) is 1. The Hall–Kier alpha value is -0.0800. The molecule has 94 valence electrons. The molecule has 1 unspecified atom stereocenters. The first-order valence-corrected chi connectivity index (χ1v) is 6.94. The van der Waals surface area contributed by atoms with Crippen molar-refractivity contribution in [3.63, 3.8) is 0 Å². The van der Waals surface area contributed by atoms with Crippen molar-refractivity contribution in [1.82, 2.24) is 5.32 Å². The molecular weight excluding hydrogens is 198 g/mol. The van der Waals surface area contributed by atoms with Gasteiger partial charge in [-0.1, -0.05) is 13.3 Å². The van der Waals surface area contributed by atoms with Gasteiger partial charge in [-0.2, -0.15) is 0 Å². The SMILES string of the molecule is CCCC1(CNCC2CCC(C)(C)O2)CC1. The van der Waals surface area contributed by atoms with Crippen LogP contribution in [-0.4, -0.2) is 24.8 Å². The van der Waals surface area contributed by atoms with Gasteiger partial charge in [0, 0.05) is 13.1 Å². The van der Waals surface area contributed by atoms with E-state index in [1.165, 1.54) is 45.1 Å². The summed E-state index contributed by atoms with van der Waals surface area (Å²) in [5.74, 6) is 0. The van der Waals surface area contributed by atoms with E-state index in [1.807, 2.05) is 0 Å². The molecule has 1 aliphatic heterocycles. The van der Waals surface area contributed by atoms with Crippen molar-refractivity contribution in [2.45, 2.75) is 71.0 Å². The standard InChI is InChI=1S/C14H27NO/c1-4-6-14(8-9-14)11-15-10-12-5-7-13(2,3)16-12/h12,15H,4-11H2,1-3H3. The number of ether oxygens (including phenoxy) is 1. The fraction of sp³-hybridized carbons (Fsp3) is 1.00. The Bertz CT molecular complexity index is 233. The normalized spacial score (nSPS) is 30.6. The minimum absolute atomic E-state index is 0.118. The summed E-state index contributed by atoms with van der Waals surface area (Å²) >= 11 is 0. The quantitative estimate of drug-likeness (QED) is 0.750. The molecule has 2 aliphatic rings. The molecule has 0 bridgehead atoms. The molecule has 1 atom stereocenters. The average Bonchev–Trinajstić information content (AvgIpc) is 2.86. The first kappa shape index (κ1) is 12.4. The fourth-order valence-corrected chi connectivity index (χ4v) is 2.94. The van der Waals surface area contributed by atoms with Crippen LogP contribution in [0, 0.1) is 5.41 Å². The van der Waals surface area contributed by atoms with Gasteiger partial charge < -0.3 is 10.1 Å². The molecule has 1 aliphatic carbocycles. The predicted octanol–water partition coefficient (Wildman–Crippen LogP) is 3.11. The lowest BCUT2D eigenvalue weighted by molar-refractivity contribution is -0.0145. The monoisotopic (exact) mass is 225 g/mol. The molecule has 2 rings (SSSR count). The van der Waals surface area contributed by atoms with Crippen LogP contribution in [-0.2, 0) is 4.74 Å². The molecular formula is C14H27NO. The minimum atomic E-state index is 0.118. The summed E-state index contributed by atoms with van der Waals surface area (Å²) in [5, 5.41) is 3.63. The Labute approximate surface area is 100 Å². The highest BCUT2D eigenvalue weighted by atomic mass is 16.5. The summed E-state index contributed by atoms with van der Waals surface area (Å²) in [6.45, 7) is 8.96. The molecule has 1 saturated carbocycles. The Morgan fingerprint density at radius 2 is 2.00 bits per heavy atom.